The van der Waals surface area contributed by atoms with Crippen LogP contribution in [0.15, 0.2) is 35.4 Å². The van der Waals surface area contributed by atoms with E-state index in [-0.39, 0.29) is 5.41 Å². The lowest BCUT2D eigenvalue weighted by Crippen LogP contribution is -2.60. The predicted octanol–water partition coefficient (Wildman–Crippen LogP) is 1.32. The van der Waals surface area contributed by atoms with E-state index in [9.17, 15) is 0 Å². The summed E-state index contributed by atoms with van der Waals surface area (Å²) in [5.41, 5.74) is 5.90. The minimum absolute atomic E-state index is 0.157. The molecule has 0 radical (unpaired) electrons. The van der Waals surface area contributed by atoms with Crippen LogP contribution in [0.4, 0.5) is 0 Å². The molecule has 0 saturated carbocycles. The number of rotatable bonds is 4. The Kier molecular flexibility index (Phi) is 4.75. The van der Waals surface area contributed by atoms with E-state index in [1.165, 1.54) is 24.4 Å². The van der Waals surface area contributed by atoms with Gasteiger partial charge in [-0.3, -0.25) is 5.43 Å². The van der Waals surface area contributed by atoms with Crippen molar-refractivity contribution in [3.05, 3.63) is 35.9 Å². The number of hydrogen-bond acceptors (Lipinski definition) is 4. The van der Waals surface area contributed by atoms with Crippen LogP contribution in [0.5, 0.6) is 0 Å². The molecule has 5 rings (SSSR count). The standard InChI is InChI=1S/C19H27N5S/c1-19-13-23-9-10-24(14-19)12-16(11-23)17(19)21-22-18(25)20-8-7-15-5-3-2-4-6-15/h2-6,16H,7-14H2,1H3,(H2,20,22,25). The van der Waals surface area contributed by atoms with Gasteiger partial charge in [0.1, 0.15) is 0 Å². The Morgan fingerprint density at radius 3 is 2.52 bits per heavy atom. The summed E-state index contributed by atoms with van der Waals surface area (Å²) in [7, 11) is 0. The van der Waals surface area contributed by atoms with Gasteiger partial charge in [0.05, 0.1) is 5.71 Å². The van der Waals surface area contributed by atoms with Gasteiger partial charge in [-0.2, -0.15) is 5.10 Å². The summed E-state index contributed by atoms with van der Waals surface area (Å²) in [6, 6.07) is 10.5. The fraction of sp³-hybridized carbons (Fsp3) is 0.579. The molecule has 0 amide bonds. The summed E-state index contributed by atoms with van der Waals surface area (Å²) in [5.74, 6) is 0.537. The van der Waals surface area contributed by atoms with Crippen LogP contribution in [0.1, 0.15) is 12.5 Å². The van der Waals surface area contributed by atoms with Gasteiger partial charge in [0, 0.05) is 57.1 Å². The molecule has 4 fully saturated rings. The van der Waals surface area contributed by atoms with Gasteiger partial charge in [0.15, 0.2) is 5.11 Å². The maximum atomic E-state index is 5.41. The highest BCUT2D eigenvalue weighted by Crippen LogP contribution is 2.37. The zero-order chi connectivity index (χ0) is 17.3. The topological polar surface area (TPSA) is 42.9 Å². The van der Waals surface area contributed by atoms with Crippen LogP contribution >= 0.6 is 12.2 Å². The molecular formula is C19H27N5S. The monoisotopic (exact) mass is 357 g/mol. The molecule has 2 unspecified atom stereocenters. The third-order valence-corrected chi connectivity index (χ3v) is 5.90. The van der Waals surface area contributed by atoms with E-state index in [4.69, 9.17) is 17.3 Å². The van der Waals surface area contributed by atoms with Crippen molar-refractivity contribution in [3.63, 3.8) is 0 Å². The number of hydrazone groups is 1. The number of nitrogens with one attached hydrogen (secondary N) is 2. The quantitative estimate of drug-likeness (QED) is 0.628. The smallest absolute Gasteiger partial charge is 0.186 e. The molecular weight excluding hydrogens is 330 g/mol. The van der Waals surface area contributed by atoms with Crippen molar-refractivity contribution in [2.75, 3.05) is 45.8 Å². The molecule has 4 bridgehead atoms. The summed E-state index contributed by atoms with van der Waals surface area (Å²) in [6.45, 7) is 10.1. The maximum absolute atomic E-state index is 5.41. The molecule has 1 aromatic rings. The molecule has 0 spiro atoms. The normalized spacial score (nSPS) is 34.8. The fourth-order valence-electron chi connectivity index (χ4n) is 4.64. The highest BCUT2D eigenvalue weighted by Gasteiger charge is 2.49. The fourth-order valence-corrected chi connectivity index (χ4v) is 4.79. The molecule has 4 aliphatic heterocycles. The van der Waals surface area contributed by atoms with E-state index in [1.807, 2.05) is 6.07 Å². The number of fused-ring (bicyclic) bond motifs is 1. The third kappa shape index (κ3) is 3.71. The van der Waals surface area contributed by atoms with Crippen LogP contribution in [0.25, 0.3) is 0 Å². The largest absolute Gasteiger partial charge is 0.361 e. The molecule has 4 aliphatic rings. The van der Waals surface area contributed by atoms with E-state index in [1.54, 1.807) is 0 Å². The first-order valence-corrected chi connectivity index (χ1v) is 9.64. The number of nitrogens with zero attached hydrogens (tertiary/aromatic N) is 3. The van der Waals surface area contributed by atoms with Gasteiger partial charge in [-0.25, -0.2) is 0 Å². The van der Waals surface area contributed by atoms with Crippen molar-refractivity contribution in [1.82, 2.24) is 20.5 Å². The minimum atomic E-state index is 0.157. The molecule has 2 N–H and O–H groups in total. The van der Waals surface area contributed by atoms with Gasteiger partial charge < -0.3 is 15.1 Å². The van der Waals surface area contributed by atoms with Crippen LogP contribution in [-0.4, -0.2) is 66.4 Å². The van der Waals surface area contributed by atoms with Gasteiger partial charge in [0.25, 0.3) is 0 Å². The second kappa shape index (κ2) is 7.02. The first-order valence-electron chi connectivity index (χ1n) is 9.23. The summed E-state index contributed by atoms with van der Waals surface area (Å²) in [6.07, 6.45) is 0.962. The van der Waals surface area contributed by atoms with Crippen molar-refractivity contribution in [2.45, 2.75) is 13.3 Å². The molecule has 25 heavy (non-hydrogen) atoms. The SMILES string of the molecule is CC12CN3CCN(CC(C3)C1=NNC(=S)NCCc1ccccc1)C2. The molecule has 0 aromatic heterocycles. The van der Waals surface area contributed by atoms with E-state index >= 15 is 0 Å². The van der Waals surface area contributed by atoms with Crippen LogP contribution in [0.2, 0.25) is 0 Å². The molecule has 1 aromatic carbocycles. The van der Waals surface area contributed by atoms with Crippen molar-refractivity contribution in [2.24, 2.45) is 16.4 Å². The Balaban J connectivity index is 1.33. The molecule has 0 aliphatic carbocycles. The van der Waals surface area contributed by atoms with E-state index in [0.29, 0.717) is 11.0 Å². The summed E-state index contributed by atoms with van der Waals surface area (Å²) in [5, 5.41) is 8.67. The van der Waals surface area contributed by atoms with Crippen molar-refractivity contribution in [1.29, 1.82) is 0 Å². The zero-order valence-electron chi connectivity index (χ0n) is 14.9. The Morgan fingerprint density at radius 2 is 1.88 bits per heavy atom. The van der Waals surface area contributed by atoms with E-state index < -0.39 is 0 Å². The number of piperidine rings is 2. The molecule has 4 saturated heterocycles. The van der Waals surface area contributed by atoms with Gasteiger partial charge in [-0.05, 0) is 24.2 Å². The van der Waals surface area contributed by atoms with Crippen LogP contribution in [0.3, 0.4) is 0 Å². The highest BCUT2D eigenvalue weighted by molar-refractivity contribution is 7.80. The van der Waals surface area contributed by atoms with E-state index in [0.717, 1.165) is 39.1 Å². The van der Waals surface area contributed by atoms with Crippen molar-refractivity contribution in [3.8, 4) is 0 Å². The van der Waals surface area contributed by atoms with Crippen molar-refractivity contribution >= 4 is 23.0 Å². The second-order valence-corrected chi connectivity index (χ2v) is 8.24. The zero-order valence-corrected chi connectivity index (χ0v) is 15.7. The van der Waals surface area contributed by atoms with Crippen LogP contribution in [-0.2, 0) is 6.42 Å². The molecule has 134 valence electrons. The van der Waals surface area contributed by atoms with Gasteiger partial charge in [0.2, 0.25) is 0 Å². The Morgan fingerprint density at radius 1 is 1.20 bits per heavy atom. The Labute approximate surface area is 155 Å². The van der Waals surface area contributed by atoms with Crippen molar-refractivity contribution < 1.29 is 0 Å². The number of thiocarbonyl (C=S) groups is 1. The molecule has 4 heterocycles. The lowest BCUT2D eigenvalue weighted by atomic mass is 9.72. The second-order valence-electron chi connectivity index (χ2n) is 7.83. The highest BCUT2D eigenvalue weighted by atomic mass is 32.1. The summed E-state index contributed by atoms with van der Waals surface area (Å²) >= 11 is 5.41. The van der Waals surface area contributed by atoms with Gasteiger partial charge >= 0.3 is 0 Å². The maximum Gasteiger partial charge on any atom is 0.186 e. The lowest BCUT2D eigenvalue weighted by Gasteiger charge is -2.48. The van der Waals surface area contributed by atoms with Crippen LogP contribution < -0.4 is 10.7 Å². The Hall–Kier alpha value is -1.50. The molecule has 5 nitrogen and oxygen atoms in total. The number of hydrogen-bond donors (Lipinski definition) is 2. The average molecular weight is 358 g/mol. The Bertz CT molecular complexity index is 643. The predicted molar refractivity (Wildman–Crippen MR) is 106 cm³/mol. The van der Waals surface area contributed by atoms with Gasteiger partial charge in [-0.15, -0.1) is 0 Å². The molecule has 2 atom stereocenters. The summed E-state index contributed by atoms with van der Waals surface area (Å²) < 4.78 is 0. The minimum Gasteiger partial charge on any atom is -0.361 e. The average Bonchev–Trinajstić information content (AvgIpc) is 2.82. The molecule has 6 heteroatoms. The third-order valence-electron chi connectivity index (χ3n) is 5.66. The summed E-state index contributed by atoms with van der Waals surface area (Å²) in [4.78, 5) is 5.21. The van der Waals surface area contributed by atoms with Crippen LogP contribution in [0, 0.1) is 11.3 Å². The first-order chi connectivity index (χ1) is 12.1. The van der Waals surface area contributed by atoms with E-state index in [2.05, 4.69) is 51.7 Å². The first kappa shape index (κ1) is 16.9. The lowest BCUT2D eigenvalue weighted by molar-refractivity contribution is 0.130. The van der Waals surface area contributed by atoms with Gasteiger partial charge in [-0.1, -0.05) is 37.3 Å². The number of benzene rings is 1.